The number of nitrogens with one attached hydrogen (secondary N) is 1. The van der Waals surface area contributed by atoms with E-state index in [4.69, 9.17) is 11.6 Å². The molecule has 2 aromatic carbocycles. The van der Waals surface area contributed by atoms with Crippen LogP contribution in [-0.2, 0) is 6.54 Å². The predicted octanol–water partition coefficient (Wildman–Crippen LogP) is 5.61. The Labute approximate surface area is 157 Å². The first-order valence-electron chi connectivity index (χ1n) is 7.66. The van der Waals surface area contributed by atoms with Crippen molar-refractivity contribution in [3.63, 3.8) is 0 Å². The third kappa shape index (κ3) is 3.31. The summed E-state index contributed by atoms with van der Waals surface area (Å²) in [5.41, 5.74) is 2.11. The van der Waals surface area contributed by atoms with Crippen molar-refractivity contribution in [2.45, 2.75) is 6.54 Å². The van der Waals surface area contributed by atoms with E-state index >= 15 is 0 Å². The minimum Gasteiger partial charge on any atom is -0.347 e. The first-order chi connectivity index (χ1) is 12.2. The normalized spacial score (nSPS) is 10.9. The standard InChI is InChI=1S/C19H13ClN2OS2/c20-16-14-3-1-2-4-15(14)25-17(16)18(23)22-11-12-5-7-13(8-6-12)19-21-9-10-24-19/h1-10H,11H2,(H,22,23). The predicted molar refractivity (Wildman–Crippen MR) is 106 cm³/mol. The summed E-state index contributed by atoms with van der Waals surface area (Å²) in [7, 11) is 0. The van der Waals surface area contributed by atoms with E-state index in [9.17, 15) is 4.79 Å². The van der Waals surface area contributed by atoms with Gasteiger partial charge in [-0.05, 0) is 11.6 Å². The Bertz CT molecular complexity index is 1020. The minimum absolute atomic E-state index is 0.143. The summed E-state index contributed by atoms with van der Waals surface area (Å²) in [6.07, 6.45) is 1.79. The summed E-state index contributed by atoms with van der Waals surface area (Å²) >= 11 is 9.38. The van der Waals surface area contributed by atoms with Crippen LogP contribution in [-0.4, -0.2) is 10.9 Å². The molecule has 0 saturated heterocycles. The van der Waals surface area contributed by atoms with Gasteiger partial charge in [0.1, 0.15) is 9.88 Å². The van der Waals surface area contributed by atoms with Crippen LogP contribution in [0.5, 0.6) is 0 Å². The Morgan fingerprint density at radius 1 is 1.12 bits per heavy atom. The van der Waals surface area contributed by atoms with Gasteiger partial charge in [-0.15, -0.1) is 22.7 Å². The molecule has 0 fully saturated rings. The van der Waals surface area contributed by atoms with Crippen LogP contribution in [0.25, 0.3) is 20.7 Å². The highest BCUT2D eigenvalue weighted by Gasteiger charge is 2.16. The summed E-state index contributed by atoms with van der Waals surface area (Å²) in [6, 6.07) is 15.8. The fourth-order valence-corrected chi connectivity index (χ4v) is 4.63. The Morgan fingerprint density at radius 3 is 2.64 bits per heavy atom. The molecule has 1 amide bonds. The van der Waals surface area contributed by atoms with E-state index in [1.54, 1.807) is 17.5 Å². The van der Waals surface area contributed by atoms with E-state index in [-0.39, 0.29) is 5.91 Å². The van der Waals surface area contributed by atoms with Crippen LogP contribution in [0, 0.1) is 0 Å². The molecule has 4 rings (SSSR count). The number of amides is 1. The Hall–Kier alpha value is -2.21. The van der Waals surface area contributed by atoms with Crippen molar-refractivity contribution in [2.75, 3.05) is 0 Å². The van der Waals surface area contributed by atoms with Gasteiger partial charge in [-0.25, -0.2) is 4.98 Å². The fourth-order valence-electron chi connectivity index (χ4n) is 2.55. The monoisotopic (exact) mass is 384 g/mol. The van der Waals surface area contributed by atoms with Gasteiger partial charge in [0.2, 0.25) is 0 Å². The lowest BCUT2D eigenvalue weighted by Crippen LogP contribution is -2.22. The molecule has 0 bridgehead atoms. The minimum atomic E-state index is -0.143. The highest BCUT2D eigenvalue weighted by atomic mass is 35.5. The molecule has 0 radical (unpaired) electrons. The van der Waals surface area contributed by atoms with Crippen molar-refractivity contribution in [3.8, 4) is 10.6 Å². The van der Waals surface area contributed by atoms with Crippen molar-refractivity contribution in [1.29, 1.82) is 0 Å². The maximum atomic E-state index is 12.5. The molecule has 6 heteroatoms. The van der Waals surface area contributed by atoms with E-state index < -0.39 is 0 Å². The third-order valence-corrected chi connectivity index (χ3v) is 6.32. The molecule has 0 unspecified atom stereocenters. The quantitative estimate of drug-likeness (QED) is 0.497. The zero-order valence-corrected chi connectivity index (χ0v) is 15.4. The number of carbonyl (C=O) groups excluding carboxylic acids is 1. The number of fused-ring (bicyclic) bond motifs is 1. The van der Waals surface area contributed by atoms with Crippen LogP contribution in [0.2, 0.25) is 5.02 Å². The number of rotatable bonds is 4. The van der Waals surface area contributed by atoms with Crippen molar-refractivity contribution in [2.24, 2.45) is 0 Å². The van der Waals surface area contributed by atoms with E-state index in [2.05, 4.69) is 10.3 Å². The highest BCUT2D eigenvalue weighted by molar-refractivity contribution is 7.21. The number of thiazole rings is 1. The Morgan fingerprint density at radius 2 is 1.92 bits per heavy atom. The van der Waals surface area contributed by atoms with Crippen LogP contribution in [0.4, 0.5) is 0 Å². The van der Waals surface area contributed by atoms with Gasteiger partial charge in [0, 0.05) is 33.8 Å². The van der Waals surface area contributed by atoms with E-state index in [1.165, 1.54) is 11.3 Å². The average Bonchev–Trinajstić information content (AvgIpc) is 3.29. The number of halogens is 1. The van der Waals surface area contributed by atoms with Crippen LogP contribution < -0.4 is 5.32 Å². The van der Waals surface area contributed by atoms with E-state index in [0.717, 1.165) is 26.2 Å². The maximum Gasteiger partial charge on any atom is 0.263 e. The summed E-state index contributed by atoms with van der Waals surface area (Å²) in [5, 5.41) is 7.34. The Balaban J connectivity index is 1.47. The van der Waals surface area contributed by atoms with Crippen molar-refractivity contribution in [1.82, 2.24) is 10.3 Å². The molecule has 0 saturated carbocycles. The van der Waals surface area contributed by atoms with Gasteiger partial charge in [0.25, 0.3) is 5.91 Å². The first-order valence-corrected chi connectivity index (χ1v) is 9.74. The zero-order chi connectivity index (χ0) is 17.2. The van der Waals surface area contributed by atoms with Crippen molar-refractivity contribution < 1.29 is 4.79 Å². The molecule has 3 nitrogen and oxygen atoms in total. The van der Waals surface area contributed by atoms with Crippen LogP contribution in [0.1, 0.15) is 15.2 Å². The van der Waals surface area contributed by atoms with Crippen LogP contribution >= 0.6 is 34.3 Å². The second-order valence-corrected chi connectivity index (χ2v) is 7.78. The first kappa shape index (κ1) is 16.3. The van der Waals surface area contributed by atoms with E-state index in [1.807, 2.05) is 53.9 Å². The van der Waals surface area contributed by atoms with Crippen molar-refractivity contribution >= 4 is 50.3 Å². The molecule has 1 N–H and O–H groups in total. The SMILES string of the molecule is O=C(NCc1ccc(-c2nccs2)cc1)c1sc2ccccc2c1Cl. The molecule has 0 spiro atoms. The number of hydrogen-bond donors (Lipinski definition) is 1. The lowest BCUT2D eigenvalue weighted by Gasteiger charge is -2.05. The number of nitrogens with zero attached hydrogens (tertiary/aromatic N) is 1. The number of thiophene rings is 1. The molecule has 25 heavy (non-hydrogen) atoms. The smallest absolute Gasteiger partial charge is 0.263 e. The molecule has 124 valence electrons. The largest absolute Gasteiger partial charge is 0.347 e. The molecule has 4 aromatic rings. The summed E-state index contributed by atoms with van der Waals surface area (Å²) in [4.78, 5) is 17.3. The van der Waals surface area contributed by atoms with Crippen molar-refractivity contribution in [3.05, 3.63) is 75.6 Å². The second-order valence-electron chi connectivity index (χ2n) is 5.46. The molecule has 2 aromatic heterocycles. The third-order valence-electron chi connectivity index (χ3n) is 3.83. The number of hydrogen-bond acceptors (Lipinski definition) is 4. The number of aromatic nitrogens is 1. The van der Waals surface area contributed by atoms with Crippen LogP contribution in [0.15, 0.2) is 60.1 Å². The lowest BCUT2D eigenvalue weighted by molar-refractivity contribution is 0.0955. The second kappa shape index (κ2) is 6.96. The lowest BCUT2D eigenvalue weighted by atomic mass is 10.1. The Kier molecular flexibility index (Phi) is 4.53. The van der Waals surface area contributed by atoms with Crippen LogP contribution in [0.3, 0.4) is 0 Å². The summed E-state index contributed by atoms with van der Waals surface area (Å²) < 4.78 is 1.02. The fraction of sp³-hybridized carbons (Fsp3) is 0.0526. The topological polar surface area (TPSA) is 42.0 Å². The zero-order valence-electron chi connectivity index (χ0n) is 13.0. The van der Waals surface area contributed by atoms with Gasteiger partial charge in [-0.1, -0.05) is 54.1 Å². The molecule has 0 atom stereocenters. The van der Waals surface area contributed by atoms with Gasteiger partial charge in [-0.2, -0.15) is 0 Å². The molecule has 0 aliphatic heterocycles. The van der Waals surface area contributed by atoms with Gasteiger partial charge in [0.15, 0.2) is 0 Å². The molecule has 0 aliphatic carbocycles. The molecule has 2 heterocycles. The number of carbonyl (C=O) groups is 1. The molecular formula is C19H13ClN2OS2. The maximum absolute atomic E-state index is 12.5. The highest BCUT2D eigenvalue weighted by Crippen LogP contribution is 2.35. The summed E-state index contributed by atoms with van der Waals surface area (Å²) in [6.45, 7) is 0.460. The van der Waals surface area contributed by atoms with Gasteiger partial charge in [0.05, 0.1) is 5.02 Å². The van der Waals surface area contributed by atoms with E-state index in [0.29, 0.717) is 16.4 Å². The average molecular weight is 385 g/mol. The number of benzene rings is 2. The molecular weight excluding hydrogens is 372 g/mol. The van der Waals surface area contributed by atoms with Gasteiger partial charge in [-0.3, -0.25) is 4.79 Å². The van der Waals surface area contributed by atoms with Gasteiger partial charge < -0.3 is 5.32 Å². The van der Waals surface area contributed by atoms with Gasteiger partial charge >= 0.3 is 0 Å². The summed E-state index contributed by atoms with van der Waals surface area (Å²) in [5.74, 6) is -0.143. The molecule has 0 aliphatic rings.